The first-order valence-corrected chi connectivity index (χ1v) is 20.6. The Kier molecular flexibility index (Phi) is 5.95. The minimum atomic E-state index is -0.467. The molecule has 0 saturated carbocycles. The Morgan fingerprint density at radius 2 is 0.764 bits per heavy atom. The van der Waals surface area contributed by atoms with Gasteiger partial charge in [-0.2, -0.15) is 0 Å². The SMILES string of the molecule is c1ccc2c(c1)-c1ccccc1C21c2cc(-c3ccc4sc5ccccc5c4c3)ccc2-c2c1cc(-c1ccc3sc4ccccc4c3c1)c1ccccc21. The summed E-state index contributed by atoms with van der Waals surface area (Å²) < 4.78 is 5.34. The molecule has 2 heteroatoms. The lowest BCUT2D eigenvalue weighted by Crippen LogP contribution is -2.26. The zero-order valence-corrected chi connectivity index (χ0v) is 31.3. The second-order valence-corrected chi connectivity index (χ2v) is 17.3. The van der Waals surface area contributed by atoms with Crippen LogP contribution in [0.5, 0.6) is 0 Å². The van der Waals surface area contributed by atoms with Crippen molar-refractivity contribution in [2.24, 2.45) is 0 Å². The van der Waals surface area contributed by atoms with Crippen molar-refractivity contribution in [3.63, 3.8) is 0 Å². The van der Waals surface area contributed by atoms with Crippen LogP contribution in [0.4, 0.5) is 0 Å². The summed E-state index contributed by atoms with van der Waals surface area (Å²) in [5, 5.41) is 7.93. The predicted octanol–water partition coefficient (Wildman–Crippen LogP) is 15.3. The van der Waals surface area contributed by atoms with Gasteiger partial charge in [0.1, 0.15) is 0 Å². The third-order valence-electron chi connectivity index (χ3n) is 12.5. The van der Waals surface area contributed by atoms with Crippen LogP contribution in [0.25, 0.3) is 95.6 Å². The van der Waals surface area contributed by atoms with Gasteiger partial charge in [-0.15, -0.1) is 22.7 Å². The molecule has 1 spiro atoms. The van der Waals surface area contributed by atoms with Gasteiger partial charge in [0.05, 0.1) is 5.41 Å². The van der Waals surface area contributed by atoms with E-state index in [9.17, 15) is 0 Å². The molecule has 2 heterocycles. The Balaban J connectivity index is 1.13. The summed E-state index contributed by atoms with van der Waals surface area (Å²) in [6.45, 7) is 0. The smallest absolute Gasteiger partial charge is 0.0726 e. The molecule has 2 aromatic heterocycles. The lowest BCUT2D eigenvalue weighted by Gasteiger charge is -2.31. The molecule has 13 rings (SSSR count). The first-order valence-electron chi connectivity index (χ1n) is 19.0. The predicted molar refractivity (Wildman–Crippen MR) is 237 cm³/mol. The van der Waals surface area contributed by atoms with E-state index < -0.39 is 5.41 Å². The molecule has 254 valence electrons. The Morgan fingerprint density at radius 3 is 1.44 bits per heavy atom. The number of fused-ring (bicyclic) bond motifs is 18. The summed E-state index contributed by atoms with van der Waals surface area (Å²) in [5.41, 5.74) is 15.4. The van der Waals surface area contributed by atoms with E-state index in [1.165, 1.54) is 118 Å². The molecule has 11 aromatic rings. The van der Waals surface area contributed by atoms with Crippen molar-refractivity contribution in [3.8, 4) is 44.5 Å². The van der Waals surface area contributed by atoms with Crippen LogP contribution >= 0.6 is 22.7 Å². The fourth-order valence-electron chi connectivity index (χ4n) is 10.2. The highest BCUT2D eigenvalue weighted by Gasteiger charge is 2.52. The van der Waals surface area contributed by atoms with Gasteiger partial charge in [-0.05, 0) is 126 Å². The maximum absolute atomic E-state index is 2.56. The molecule has 0 nitrogen and oxygen atoms in total. The molecule has 0 atom stereocenters. The molecule has 55 heavy (non-hydrogen) atoms. The van der Waals surface area contributed by atoms with Gasteiger partial charge in [0.15, 0.2) is 0 Å². The van der Waals surface area contributed by atoms with Gasteiger partial charge in [-0.25, -0.2) is 0 Å². The zero-order chi connectivity index (χ0) is 35.8. The number of thiophene rings is 2. The molecule has 0 saturated heterocycles. The van der Waals surface area contributed by atoms with E-state index in [1.54, 1.807) is 0 Å². The normalized spacial score (nSPS) is 13.6. The van der Waals surface area contributed by atoms with Crippen molar-refractivity contribution in [1.29, 1.82) is 0 Å². The lowest BCUT2D eigenvalue weighted by atomic mass is 9.69. The van der Waals surface area contributed by atoms with Crippen LogP contribution in [-0.2, 0) is 5.41 Å². The standard InChI is InChI=1S/C53H30S2/c1-2-16-39-34(11-1)41(33-23-26-51-43(28-33)38-15-6-10-20-49(38)55-51)30-47-52(39)40-24-21-32(31-22-25-50-42(27-31)37-14-5-9-19-48(37)54-50)29-46(40)53(47)44-17-7-3-12-35(44)36-13-4-8-18-45(36)53/h1-30H. The minimum absolute atomic E-state index is 0.467. The molecule has 0 radical (unpaired) electrons. The van der Waals surface area contributed by atoms with E-state index in [-0.39, 0.29) is 0 Å². The van der Waals surface area contributed by atoms with E-state index in [1.807, 2.05) is 22.7 Å². The fourth-order valence-corrected chi connectivity index (χ4v) is 12.4. The molecule has 9 aromatic carbocycles. The van der Waals surface area contributed by atoms with Gasteiger partial charge in [0.2, 0.25) is 0 Å². The summed E-state index contributed by atoms with van der Waals surface area (Å²) in [6.07, 6.45) is 0. The van der Waals surface area contributed by atoms with Gasteiger partial charge >= 0.3 is 0 Å². The lowest BCUT2D eigenvalue weighted by molar-refractivity contribution is 0.795. The third kappa shape index (κ3) is 3.90. The largest absolute Gasteiger partial charge is 0.135 e. The molecule has 0 N–H and O–H groups in total. The van der Waals surface area contributed by atoms with E-state index in [0.29, 0.717) is 0 Å². The first-order chi connectivity index (χ1) is 27.3. The van der Waals surface area contributed by atoms with E-state index >= 15 is 0 Å². The van der Waals surface area contributed by atoms with Crippen LogP contribution in [0, 0.1) is 0 Å². The van der Waals surface area contributed by atoms with Gasteiger partial charge in [-0.1, -0.05) is 133 Å². The molecule has 0 bridgehead atoms. The molecule has 0 fully saturated rings. The van der Waals surface area contributed by atoms with Gasteiger partial charge in [-0.3, -0.25) is 0 Å². The summed E-state index contributed by atoms with van der Waals surface area (Å²) in [6, 6.07) is 69.1. The average Bonchev–Trinajstić information content (AvgIpc) is 3.98. The Morgan fingerprint density at radius 1 is 0.273 bits per heavy atom. The van der Waals surface area contributed by atoms with Crippen molar-refractivity contribution >= 4 is 73.8 Å². The number of rotatable bonds is 2. The summed E-state index contributed by atoms with van der Waals surface area (Å²) in [7, 11) is 0. The summed E-state index contributed by atoms with van der Waals surface area (Å²) >= 11 is 3.76. The number of hydrogen-bond donors (Lipinski definition) is 0. The summed E-state index contributed by atoms with van der Waals surface area (Å²) in [5.74, 6) is 0. The van der Waals surface area contributed by atoms with Gasteiger partial charge in [0.25, 0.3) is 0 Å². The number of hydrogen-bond acceptors (Lipinski definition) is 2. The van der Waals surface area contributed by atoms with Crippen molar-refractivity contribution in [2.75, 3.05) is 0 Å². The molecular weight excluding hydrogens is 701 g/mol. The highest BCUT2D eigenvalue weighted by molar-refractivity contribution is 7.26. The van der Waals surface area contributed by atoms with Crippen LogP contribution in [-0.4, -0.2) is 0 Å². The third-order valence-corrected chi connectivity index (χ3v) is 14.8. The maximum atomic E-state index is 2.56. The second-order valence-electron chi connectivity index (χ2n) is 15.1. The van der Waals surface area contributed by atoms with Gasteiger partial charge < -0.3 is 0 Å². The Hall–Kier alpha value is -6.32. The van der Waals surface area contributed by atoms with E-state index in [4.69, 9.17) is 0 Å². The van der Waals surface area contributed by atoms with Crippen LogP contribution in [0.3, 0.4) is 0 Å². The van der Waals surface area contributed by atoms with Crippen LogP contribution in [0.1, 0.15) is 22.3 Å². The van der Waals surface area contributed by atoms with E-state index in [2.05, 4.69) is 182 Å². The number of benzene rings is 9. The molecule has 2 aliphatic carbocycles. The Bertz CT molecular complexity index is 3400. The van der Waals surface area contributed by atoms with Crippen molar-refractivity contribution in [2.45, 2.75) is 5.41 Å². The summed E-state index contributed by atoms with van der Waals surface area (Å²) in [4.78, 5) is 0. The quantitative estimate of drug-likeness (QED) is 0.166. The zero-order valence-electron chi connectivity index (χ0n) is 29.6. The van der Waals surface area contributed by atoms with Crippen molar-refractivity contribution < 1.29 is 0 Å². The van der Waals surface area contributed by atoms with Gasteiger partial charge in [0, 0.05) is 40.3 Å². The van der Waals surface area contributed by atoms with E-state index in [0.717, 1.165) is 0 Å². The molecule has 0 aliphatic heterocycles. The first kappa shape index (κ1) is 30.1. The molecule has 0 amide bonds. The van der Waals surface area contributed by atoms with Crippen LogP contribution in [0.2, 0.25) is 0 Å². The monoisotopic (exact) mass is 730 g/mol. The minimum Gasteiger partial charge on any atom is -0.135 e. The molecule has 2 aliphatic rings. The highest BCUT2D eigenvalue weighted by Crippen LogP contribution is 2.65. The highest BCUT2D eigenvalue weighted by atomic mass is 32.1. The van der Waals surface area contributed by atoms with Crippen molar-refractivity contribution in [3.05, 3.63) is 204 Å². The van der Waals surface area contributed by atoms with Crippen LogP contribution < -0.4 is 0 Å². The van der Waals surface area contributed by atoms with Crippen LogP contribution in [0.15, 0.2) is 182 Å². The maximum Gasteiger partial charge on any atom is 0.0726 e. The molecule has 0 unspecified atom stereocenters. The Labute approximate surface area is 326 Å². The van der Waals surface area contributed by atoms with Crippen molar-refractivity contribution in [1.82, 2.24) is 0 Å². The second kappa shape index (κ2) is 10.9. The average molecular weight is 731 g/mol. The fraction of sp³-hybridized carbons (Fsp3) is 0.0189. The topological polar surface area (TPSA) is 0 Å². The molecular formula is C53H30S2.